The van der Waals surface area contributed by atoms with Crippen LogP contribution >= 0.6 is 0 Å². The Morgan fingerprint density at radius 1 is 1.40 bits per heavy atom. The first-order valence-corrected chi connectivity index (χ1v) is 3.87. The molecule has 0 aromatic carbocycles. The van der Waals surface area contributed by atoms with Crippen molar-refractivity contribution in [2.24, 2.45) is 5.92 Å². The third-order valence-corrected chi connectivity index (χ3v) is 1.92. The van der Waals surface area contributed by atoms with E-state index in [2.05, 4.69) is 19.8 Å². The molecule has 1 atom stereocenters. The van der Waals surface area contributed by atoms with E-state index in [1.165, 1.54) is 0 Å². The predicted octanol–water partition coefficient (Wildman–Crippen LogP) is 1.81. The Kier molecular flexibility index (Phi) is 5.06. The average Bonchev–Trinajstić information content (AvgIpc) is 1.91. The standard InChI is InChI=1S/C9H16O/c1-4-7-9(10)8(5-2)6-3/h1,8-10H,5-7H2,2-3H3. The highest BCUT2D eigenvalue weighted by Crippen LogP contribution is 2.14. The fraction of sp³-hybridized carbons (Fsp3) is 0.778. The van der Waals surface area contributed by atoms with E-state index in [4.69, 9.17) is 6.42 Å². The molecule has 1 N–H and O–H groups in total. The van der Waals surface area contributed by atoms with Gasteiger partial charge in [-0.15, -0.1) is 12.3 Å². The maximum absolute atomic E-state index is 9.37. The number of aliphatic hydroxyl groups is 1. The van der Waals surface area contributed by atoms with E-state index in [0.717, 1.165) is 12.8 Å². The lowest BCUT2D eigenvalue weighted by Gasteiger charge is -2.17. The smallest absolute Gasteiger partial charge is 0.0677 e. The topological polar surface area (TPSA) is 20.2 Å². The zero-order valence-electron chi connectivity index (χ0n) is 6.80. The monoisotopic (exact) mass is 140 g/mol. The van der Waals surface area contributed by atoms with E-state index in [-0.39, 0.29) is 6.10 Å². The van der Waals surface area contributed by atoms with Crippen molar-refractivity contribution < 1.29 is 5.11 Å². The minimum Gasteiger partial charge on any atom is -0.392 e. The fourth-order valence-electron chi connectivity index (χ4n) is 1.12. The van der Waals surface area contributed by atoms with E-state index in [1.807, 2.05) is 0 Å². The minimum absolute atomic E-state index is 0.292. The minimum atomic E-state index is -0.292. The number of rotatable bonds is 4. The van der Waals surface area contributed by atoms with E-state index in [1.54, 1.807) is 0 Å². The molecular weight excluding hydrogens is 124 g/mol. The summed E-state index contributed by atoms with van der Waals surface area (Å²) in [5.74, 6) is 2.85. The second-order valence-corrected chi connectivity index (χ2v) is 2.55. The summed E-state index contributed by atoms with van der Waals surface area (Å²) >= 11 is 0. The van der Waals surface area contributed by atoms with Crippen LogP contribution in [0, 0.1) is 18.3 Å². The summed E-state index contributed by atoms with van der Waals surface area (Å²) in [7, 11) is 0. The lowest BCUT2D eigenvalue weighted by atomic mass is 9.95. The summed E-state index contributed by atoms with van der Waals surface area (Å²) in [5.41, 5.74) is 0. The molecule has 0 heterocycles. The first-order valence-electron chi connectivity index (χ1n) is 3.87. The van der Waals surface area contributed by atoms with Crippen LogP contribution in [0.3, 0.4) is 0 Å². The van der Waals surface area contributed by atoms with Gasteiger partial charge >= 0.3 is 0 Å². The van der Waals surface area contributed by atoms with Gasteiger partial charge in [-0.3, -0.25) is 0 Å². The highest BCUT2D eigenvalue weighted by atomic mass is 16.3. The second-order valence-electron chi connectivity index (χ2n) is 2.55. The largest absolute Gasteiger partial charge is 0.392 e. The van der Waals surface area contributed by atoms with Crippen LogP contribution in [0.25, 0.3) is 0 Å². The van der Waals surface area contributed by atoms with Crippen molar-refractivity contribution in [3.8, 4) is 12.3 Å². The third kappa shape index (κ3) is 2.89. The molecule has 0 aliphatic rings. The summed E-state index contributed by atoms with van der Waals surface area (Å²) in [5, 5.41) is 9.37. The third-order valence-electron chi connectivity index (χ3n) is 1.92. The van der Waals surface area contributed by atoms with Crippen molar-refractivity contribution in [3.63, 3.8) is 0 Å². The van der Waals surface area contributed by atoms with Crippen molar-refractivity contribution in [1.82, 2.24) is 0 Å². The van der Waals surface area contributed by atoms with Crippen molar-refractivity contribution in [1.29, 1.82) is 0 Å². The van der Waals surface area contributed by atoms with E-state index in [9.17, 15) is 5.11 Å². The molecule has 0 aromatic rings. The lowest BCUT2D eigenvalue weighted by Crippen LogP contribution is -2.18. The number of terminal acetylenes is 1. The quantitative estimate of drug-likeness (QED) is 0.590. The Hall–Kier alpha value is -0.480. The second kappa shape index (κ2) is 5.32. The molecule has 1 unspecified atom stereocenters. The fourth-order valence-corrected chi connectivity index (χ4v) is 1.12. The number of hydrogen-bond acceptors (Lipinski definition) is 1. The van der Waals surface area contributed by atoms with Crippen LogP contribution in [0.15, 0.2) is 0 Å². The number of aliphatic hydroxyl groups excluding tert-OH is 1. The van der Waals surface area contributed by atoms with Crippen LogP contribution in [0.1, 0.15) is 33.1 Å². The van der Waals surface area contributed by atoms with Gasteiger partial charge in [0.25, 0.3) is 0 Å². The van der Waals surface area contributed by atoms with Crippen molar-refractivity contribution in [2.75, 3.05) is 0 Å². The van der Waals surface area contributed by atoms with Crippen LogP contribution in [0.4, 0.5) is 0 Å². The van der Waals surface area contributed by atoms with Crippen LogP contribution in [0.5, 0.6) is 0 Å². The Morgan fingerprint density at radius 3 is 2.20 bits per heavy atom. The molecule has 0 saturated carbocycles. The molecule has 1 nitrogen and oxygen atoms in total. The maximum Gasteiger partial charge on any atom is 0.0677 e. The lowest BCUT2D eigenvalue weighted by molar-refractivity contribution is 0.107. The summed E-state index contributed by atoms with van der Waals surface area (Å²) in [4.78, 5) is 0. The van der Waals surface area contributed by atoms with Crippen LogP contribution in [-0.4, -0.2) is 11.2 Å². The molecule has 0 aromatic heterocycles. The molecule has 0 amide bonds. The van der Waals surface area contributed by atoms with Gasteiger partial charge in [-0.2, -0.15) is 0 Å². The zero-order chi connectivity index (χ0) is 7.98. The van der Waals surface area contributed by atoms with Crippen LogP contribution in [0.2, 0.25) is 0 Å². The van der Waals surface area contributed by atoms with E-state index < -0.39 is 0 Å². The summed E-state index contributed by atoms with van der Waals surface area (Å²) in [6.07, 6.45) is 7.29. The van der Waals surface area contributed by atoms with Crippen molar-refractivity contribution >= 4 is 0 Å². The van der Waals surface area contributed by atoms with Crippen molar-refractivity contribution in [2.45, 2.75) is 39.2 Å². The van der Waals surface area contributed by atoms with Crippen LogP contribution in [-0.2, 0) is 0 Å². The molecule has 0 spiro atoms. The average molecular weight is 140 g/mol. The molecule has 0 fully saturated rings. The van der Waals surface area contributed by atoms with Gasteiger partial charge < -0.3 is 5.11 Å². The van der Waals surface area contributed by atoms with Gasteiger partial charge in [0.05, 0.1) is 6.10 Å². The molecule has 0 rings (SSSR count). The zero-order valence-corrected chi connectivity index (χ0v) is 6.80. The normalized spacial score (nSPS) is 13.1. The Labute approximate surface area is 63.5 Å². The molecule has 10 heavy (non-hydrogen) atoms. The van der Waals surface area contributed by atoms with Gasteiger partial charge in [0.1, 0.15) is 0 Å². The van der Waals surface area contributed by atoms with Gasteiger partial charge in [0.2, 0.25) is 0 Å². The Morgan fingerprint density at radius 2 is 1.90 bits per heavy atom. The van der Waals surface area contributed by atoms with E-state index in [0.29, 0.717) is 12.3 Å². The highest BCUT2D eigenvalue weighted by molar-refractivity contribution is 4.88. The molecule has 0 saturated heterocycles. The summed E-state index contributed by atoms with van der Waals surface area (Å²) in [6, 6.07) is 0. The summed E-state index contributed by atoms with van der Waals surface area (Å²) in [6.45, 7) is 4.15. The highest BCUT2D eigenvalue weighted by Gasteiger charge is 2.13. The number of hydrogen-bond donors (Lipinski definition) is 1. The Balaban J connectivity index is 3.66. The molecule has 0 bridgehead atoms. The van der Waals surface area contributed by atoms with Gasteiger partial charge in [0.15, 0.2) is 0 Å². The van der Waals surface area contributed by atoms with Gasteiger partial charge in [0, 0.05) is 6.42 Å². The van der Waals surface area contributed by atoms with Gasteiger partial charge in [-0.05, 0) is 5.92 Å². The first kappa shape index (κ1) is 9.52. The molecule has 0 radical (unpaired) electrons. The molecule has 1 heteroatoms. The van der Waals surface area contributed by atoms with Gasteiger partial charge in [-0.25, -0.2) is 0 Å². The molecule has 0 aliphatic heterocycles. The molecule has 58 valence electrons. The summed E-state index contributed by atoms with van der Waals surface area (Å²) < 4.78 is 0. The molecular formula is C9H16O. The van der Waals surface area contributed by atoms with E-state index >= 15 is 0 Å². The predicted molar refractivity (Wildman–Crippen MR) is 43.5 cm³/mol. The Bertz CT molecular complexity index is 108. The van der Waals surface area contributed by atoms with Crippen LogP contribution < -0.4 is 0 Å². The maximum atomic E-state index is 9.37. The molecule has 0 aliphatic carbocycles. The van der Waals surface area contributed by atoms with Gasteiger partial charge in [-0.1, -0.05) is 26.7 Å². The SMILES string of the molecule is C#CCC(O)C(CC)CC. The van der Waals surface area contributed by atoms with Crippen molar-refractivity contribution in [3.05, 3.63) is 0 Å². The first-order chi connectivity index (χ1) is 4.76.